The first-order chi connectivity index (χ1) is 15.3. The molecule has 4 rings (SSSR count). The number of anilines is 2. The first-order valence-electron chi connectivity index (χ1n) is 11.5. The topological polar surface area (TPSA) is 69.6 Å². The zero-order valence-corrected chi connectivity index (χ0v) is 19.6. The molecule has 1 saturated heterocycles. The molecule has 170 valence electrons. The van der Waals surface area contributed by atoms with Gasteiger partial charge in [0.15, 0.2) is 5.82 Å². The van der Waals surface area contributed by atoms with E-state index in [1.54, 1.807) is 11.9 Å². The fourth-order valence-electron chi connectivity index (χ4n) is 4.69. The summed E-state index contributed by atoms with van der Waals surface area (Å²) < 4.78 is 0. The molecule has 1 aromatic heterocycles. The number of nitrogens with zero attached hydrogens (tertiary/aromatic N) is 5. The third-order valence-electron chi connectivity index (χ3n) is 6.69. The lowest BCUT2D eigenvalue weighted by Crippen LogP contribution is -2.40. The van der Waals surface area contributed by atoms with Crippen LogP contribution in [0.15, 0.2) is 24.3 Å². The van der Waals surface area contributed by atoms with Gasteiger partial charge in [-0.25, -0.2) is 9.97 Å². The van der Waals surface area contributed by atoms with Crippen molar-refractivity contribution >= 4 is 23.3 Å². The molecule has 3 heterocycles. The van der Waals surface area contributed by atoms with Crippen molar-refractivity contribution in [3.63, 3.8) is 0 Å². The smallest absolute Gasteiger partial charge is 0.228 e. The molecule has 0 N–H and O–H groups in total. The summed E-state index contributed by atoms with van der Waals surface area (Å²) >= 11 is 0. The molecular formula is C25H33N5O2. The van der Waals surface area contributed by atoms with Gasteiger partial charge in [-0.05, 0) is 56.7 Å². The monoisotopic (exact) mass is 435 g/mol. The number of aromatic nitrogens is 2. The summed E-state index contributed by atoms with van der Waals surface area (Å²) in [5.74, 6) is 1.61. The first kappa shape index (κ1) is 22.2. The molecule has 2 aliphatic rings. The van der Waals surface area contributed by atoms with E-state index in [-0.39, 0.29) is 17.9 Å². The highest BCUT2D eigenvalue weighted by molar-refractivity contribution is 5.94. The first-order valence-corrected chi connectivity index (χ1v) is 11.5. The number of likely N-dealkylation sites (tertiary alicyclic amines) is 1. The molecule has 7 heteroatoms. The van der Waals surface area contributed by atoms with E-state index in [4.69, 9.17) is 9.97 Å². The van der Waals surface area contributed by atoms with Crippen molar-refractivity contribution < 1.29 is 9.59 Å². The number of carbonyl (C=O) groups excluding carboxylic acids is 2. The maximum absolute atomic E-state index is 13.2. The second-order valence-electron chi connectivity index (χ2n) is 9.08. The molecule has 2 aromatic rings. The molecule has 0 bridgehead atoms. The van der Waals surface area contributed by atoms with Gasteiger partial charge in [0.05, 0.1) is 6.04 Å². The molecule has 0 radical (unpaired) electrons. The van der Waals surface area contributed by atoms with Gasteiger partial charge in [0.2, 0.25) is 11.8 Å². The SMILES string of the molecule is Cc1nc(C2CCCCN2C(=O)CCc2ccc(N(C)C)cc2)nc2c1CCC(=O)N2C. The Morgan fingerprint density at radius 1 is 1.12 bits per heavy atom. The quantitative estimate of drug-likeness (QED) is 0.720. The van der Waals surface area contributed by atoms with Crippen molar-refractivity contribution in [2.24, 2.45) is 0 Å². The molecule has 1 aromatic carbocycles. The second kappa shape index (κ2) is 9.27. The summed E-state index contributed by atoms with van der Waals surface area (Å²) in [6, 6.07) is 8.25. The van der Waals surface area contributed by atoms with Crippen LogP contribution in [0.25, 0.3) is 0 Å². The summed E-state index contributed by atoms with van der Waals surface area (Å²) in [6.45, 7) is 2.72. The number of rotatable bonds is 5. The van der Waals surface area contributed by atoms with Gasteiger partial charge >= 0.3 is 0 Å². The van der Waals surface area contributed by atoms with Gasteiger partial charge in [0.1, 0.15) is 5.82 Å². The Morgan fingerprint density at radius 2 is 1.88 bits per heavy atom. The Morgan fingerprint density at radius 3 is 2.59 bits per heavy atom. The highest BCUT2D eigenvalue weighted by Gasteiger charge is 2.32. The maximum atomic E-state index is 13.2. The molecule has 0 saturated carbocycles. The van der Waals surface area contributed by atoms with Crippen LogP contribution in [-0.4, -0.2) is 54.4 Å². The number of hydrogen-bond acceptors (Lipinski definition) is 5. The fraction of sp³-hybridized carbons (Fsp3) is 0.520. The minimum Gasteiger partial charge on any atom is -0.378 e. The Hall–Kier alpha value is -2.96. The predicted octanol–water partition coefficient (Wildman–Crippen LogP) is 3.45. The lowest BCUT2D eigenvalue weighted by atomic mass is 9.98. The van der Waals surface area contributed by atoms with Crippen LogP contribution < -0.4 is 9.80 Å². The molecule has 7 nitrogen and oxygen atoms in total. The number of hydrogen-bond donors (Lipinski definition) is 0. The highest BCUT2D eigenvalue weighted by atomic mass is 16.2. The van der Waals surface area contributed by atoms with Crippen LogP contribution in [0, 0.1) is 6.92 Å². The Balaban J connectivity index is 1.51. The summed E-state index contributed by atoms with van der Waals surface area (Å²) in [4.78, 5) is 40.7. The summed E-state index contributed by atoms with van der Waals surface area (Å²) in [6.07, 6.45) is 5.29. The van der Waals surface area contributed by atoms with Crippen molar-refractivity contribution in [2.45, 2.75) is 57.9 Å². The van der Waals surface area contributed by atoms with Gasteiger partial charge in [0, 0.05) is 57.5 Å². The van der Waals surface area contributed by atoms with E-state index in [1.807, 2.05) is 25.9 Å². The zero-order chi connectivity index (χ0) is 22.8. The average molecular weight is 436 g/mol. The Bertz CT molecular complexity index is 1000. The third kappa shape index (κ3) is 4.47. The number of piperidine rings is 1. The summed E-state index contributed by atoms with van der Waals surface area (Å²) in [5.41, 5.74) is 4.28. The average Bonchev–Trinajstić information content (AvgIpc) is 2.80. The van der Waals surface area contributed by atoms with Gasteiger partial charge < -0.3 is 9.80 Å². The van der Waals surface area contributed by atoms with Crippen LogP contribution in [0.4, 0.5) is 11.5 Å². The minimum atomic E-state index is -0.123. The lowest BCUT2D eigenvalue weighted by Gasteiger charge is -2.36. The van der Waals surface area contributed by atoms with Gasteiger partial charge in [-0.15, -0.1) is 0 Å². The number of benzene rings is 1. The third-order valence-corrected chi connectivity index (χ3v) is 6.69. The normalized spacial score (nSPS) is 18.5. The maximum Gasteiger partial charge on any atom is 0.228 e. The van der Waals surface area contributed by atoms with Crippen molar-refractivity contribution in [1.82, 2.24) is 14.9 Å². The molecule has 1 fully saturated rings. The van der Waals surface area contributed by atoms with Crippen LogP contribution in [-0.2, 0) is 22.4 Å². The Kier molecular flexibility index (Phi) is 6.44. The van der Waals surface area contributed by atoms with Crippen molar-refractivity contribution in [2.75, 3.05) is 37.5 Å². The van der Waals surface area contributed by atoms with E-state index in [9.17, 15) is 9.59 Å². The van der Waals surface area contributed by atoms with Gasteiger partial charge in [0.25, 0.3) is 0 Å². The lowest BCUT2D eigenvalue weighted by molar-refractivity contribution is -0.135. The zero-order valence-electron chi connectivity index (χ0n) is 19.6. The highest BCUT2D eigenvalue weighted by Crippen LogP contribution is 2.34. The van der Waals surface area contributed by atoms with Gasteiger partial charge in [-0.3, -0.25) is 14.5 Å². The second-order valence-corrected chi connectivity index (χ2v) is 9.08. The van der Waals surface area contributed by atoms with Crippen molar-refractivity contribution in [3.8, 4) is 0 Å². The van der Waals surface area contributed by atoms with Crippen molar-refractivity contribution in [1.29, 1.82) is 0 Å². The van der Waals surface area contributed by atoms with E-state index in [2.05, 4.69) is 29.2 Å². The molecule has 1 atom stereocenters. The predicted molar refractivity (Wildman–Crippen MR) is 126 cm³/mol. The van der Waals surface area contributed by atoms with Crippen LogP contribution >= 0.6 is 0 Å². The number of aryl methyl sites for hydroxylation is 2. The molecule has 1 unspecified atom stereocenters. The van der Waals surface area contributed by atoms with E-state index >= 15 is 0 Å². The largest absolute Gasteiger partial charge is 0.378 e. The van der Waals surface area contributed by atoms with Gasteiger partial charge in [-0.1, -0.05) is 12.1 Å². The van der Waals surface area contributed by atoms with Gasteiger partial charge in [-0.2, -0.15) is 0 Å². The van der Waals surface area contributed by atoms with Crippen LogP contribution in [0.3, 0.4) is 0 Å². The summed E-state index contributed by atoms with van der Waals surface area (Å²) in [5, 5.41) is 0. The van der Waals surface area contributed by atoms with E-state index in [0.717, 1.165) is 49.2 Å². The number of carbonyl (C=O) groups is 2. The molecule has 0 aliphatic carbocycles. The Labute approximate surface area is 190 Å². The van der Waals surface area contributed by atoms with E-state index < -0.39 is 0 Å². The molecule has 2 aliphatic heterocycles. The van der Waals surface area contributed by atoms with Crippen LogP contribution in [0.2, 0.25) is 0 Å². The molecular weight excluding hydrogens is 402 g/mol. The van der Waals surface area contributed by atoms with Crippen LogP contribution in [0.5, 0.6) is 0 Å². The standard InChI is InChI=1S/C25H33N5O2/c1-17-20-13-15-22(31)29(4)25(20)27-24(26-17)21-7-5-6-16-30(21)23(32)14-10-18-8-11-19(12-9-18)28(2)3/h8-9,11-12,21H,5-7,10,13-16H2,1-4H3. The number of amides is 2. The number of fused-ring (bicyclic) bond motifs is 1. The van der Waals surface area contributed by atoms with Crippen molar-refractivity contribution in [3.05, 3.63) is 46.9 Å². The molecule has 0 spiro atoms. The fourth-order valence-corrected chi connectivity index (χ4v) is 4.69. The minimum absolute atomic E-state index is 0.0819. The van der Waals surface area contributed by atoms with E-state index in [0.29, 0.717) is 30.9 Å². The molecule has 32 heavy (non-hydrogen) atoms. The molecule has 2 amide bonds. The van der Waals surface area contributed by atoms with Crippen LogP contribution in [0.1, 0.15) is 60.8 Å². The summed E-state index contributed by atoms with van der Waals surface area (Å²) in [7, 11) is 5.82. The van der Waals surface area contributed by atoms with E-state index in [1.165, 1.54) is 5.56 Å².